The normalized spacial score (nSPS) is 14.4. The summed E-state index contributed by atoms with van der Waals surface area (Å²) in [6.07, 6.45) is 4.25. The molecule has 19 heavy (non-hydrogen) atoms. The van der Waals surface area contributed by atoms with Crippen LogP contribution in [0.3, 0.4) is 0 Å². The zero-order chi connectivity index (χ0) is 13.2. The van der Waals surface area contributed by atoms with Crippen LogP contribution in [-0.4, -0.2) is 16.2 Å². The fourth-order valence-corrected chi connectivity index (χ4v) is 2.26. The van der Waals surface area contributed by atoms with E-state index in [-0.39, 0.29) is 0 Å². The third kappa shape index (κ3) is 2.84. The number of aryl methyl sites for hydroxylation is 1. The Kier molecular flexibility index (Phi) is 3.07. The van der Waals surface area contributed by atoms with Crippen LogP contribution in [0.4, 0.5) is 11.5 Å². The number of hydrogen-bond acceptors (Lipinski definition) is 4. The number of nitrogens with zero attached hydrogens (tertiary/aromatic N) is 3. The second-order valence-corrected chi connectivity index (χ2v) is 5.20. The first-order valence-electron chi connectivity index (χ1n) is 6.63. The molecule has 4 heteroatoms. The summed E-state index contributed by atoms with van der Waals surface area (Å²) in [4.78, 5) is 2.33. The topological polar surface area (TPSA) is 55.0 Å². The van der Waals surface area contributed by atoms with E-state index in [1.807, 2.05) is 25.1 Å². The summed E-state index contributed by atoms with van der Waals surface area (Å²) < 4.78 is 0. The minimum absolute atomic E-state index is 0.595. The molecule has 0 atom stereocenters. The minimum atomic E-state index is 0.595. The molecule has 0 amide bonds. The Morgan fingerprint density at radius 2 is 2.16 bits per heavy atom. The Hall–Kier alpha value is -2.10. The van der Waals surface area contributed by atoms with Gasteiger partial charge in [0.15, 0.2) is 5.82 Å². The van der Waals surface area contributed by atoms with Crippen molar-refractivity contribution >= 4 is 11.5 Å². The maximum absolute atomic E-state index is 5.84. The van der Waals surface area contributed by atoms with Crippen molar-refractivity contribution in [3.05, 3.63) is 47.7 Å². The quantitative estimate of drug-likeness (QED) is 0.852. The molecule has 0 radical (unpaired) electrons. The van der Waals surface area contributed by atoms with Crippen LogP contribution in [0.1, 0.15) is 24.0 Å². The molecule has 1 aromatic carbocycles. The highest BCUT2D eigenvalue weighted by atomic mass is 15.3. The lowest BCUT2D eigenvalue weighted by Crippen LogP contribution is -2.26. The van der Waals surface area contributed by atoms with Gasteiger partial charge in [0.25, 0.3) is 0 Å². The number of nitrogens with two attached hydrogens (primary N) is 1. The Morgan fingerprint density at radius 1 is 1.32 bits per heavy atom. The Morgan fingerprint density at radius 3 is 2.84 bits per heavy atom. The summed E-state index contributed by atoms with van der Waals surface area (Å²) in [6.45, 7) is 2.89. The molecular formula is C15H18N4. The van der Waals surface area contributed by atoms with E-state index >= 15 is 0 Å². The molecule has 1 heterocycles. The van der Waals surface area contributed by atoms with Crippen molar-refractivity contribution in [2.24, 2.45) is 0 Å². The van der Waals surface area contributed by atoms with Crippen LogP contribution in [0, 0.1) is 6.92 Å². The molecule has 1 aliphatic carbocycles. The van der Waals surface area contributed by atoms with Gasteiger partial charge < -0.3 is 10.6 Å². The Bertz CT molecular complexity index is 578. The largest absolute Gasteiger partial charge is 0.399 e. The second kappa shape index (κ2) is 4.88. The fourth-order valence-electron chi connectivity index (χ4n) is 2.26. The maximum atomic E-state index is 5.84. The molecule has 0 unspecified atom stereocenters. The van der Waals surface area contributed by atoms with Gasteiger partial charge in [-0.15, -0.1) is 5.10 Å². The van der Waals surface area contributed by atoms with Crippen LogP contribution in [0.25, 0.3) is 0 Å². The van der Waals surface area contributed by atoms with E-state index in [1.54, 1.807) is 6.20 Å². The molecule has 4 nitrogen and oxygen atoms in total. The van der Waals surface area contributed by atoms with Gasteiger partial charge >= 0.3 is 0 Å². The van der Waals surface area contributed by atoms with E-state index in [1.165, 1.54) is 18.4 Å². The summed E-state index contributed by atoms with van der Waals surface area (Å²) in [5, 5.41) is 8.32. The molecule has 0 bridgehead atoms. The number of anilines is 2. The van der Waals surface area contributed by atoms with Crippen molar-refractivity contribution in [1.82, 2.24) is 10.2 Å². The maximum Gasteiger partial charge on any atom is 0.152 e. The van der Waals surface area contributed by atoms with Crippen molar-refractivity contribution in [3.8, 4) is 0 Å². The summed E-state index contributed by atoms with van der Waals surface area (Å²) in [5.74, 6) is 0.963. The molecule has 1 aromatic heterocycles. The lowest BCUT2D eigenvalue weighted by molar-refractivity contribution is 0.763. The van der Waals surface area contributed by atoms with Crippen molar-refractivity contribution in [3.63, 3.8) is 0 Å². The molecule has 3 rings (SSSR count). The summed E-state index contributed by atoms with van der Waals surface area (Å²) in [6, 6.07) is 10.7. The van der Waals surface area contributed by atoms with E-state index in [2.05, 4.69) is 27.2 Å². The van der Waals surface area contributed by atoms with Gasteiger partial charge in [-0.2, -0.15) is 5.10 Å². The SMILES string of the molecule is Cc1cnnc(N(Cc2cccc(N)c2)C2CC2)c1. The average molecular weight is 254 g/mol. The lowest BCUT2D eigenvalue weighted by Gasteiger charge is -2.23. The Balaban J connectivity index is 1.86. The molecule has 0 spiro atoms. The van der Waals surface area contributed by atoms with E-state index < -0.39 is 0 Å². The molecule has 98 valence electrons. The first-order chi connectivity index (χ1) is 9.22. The van der Waals surface area contributed by atoms with Crippen LogP contribution < -0.4 is 10.6 Å². The molecule has 0 saturated heterocycles. The predicted octanol–water partition coefficient (Wildman–Crippen LogP) is 2.54. The minimum Gasteiger partial charge on any atom is -0.399 e. The van der Waals surface area contributed by atoms with Crippen LogP contribution in [0.15, 0.2) is 36.5 Å². The predicted molar refractivity (Wildman–Crippen MR) is 76.8 cm³/mol. The van der Waals surface area contributed by atoms with Crippen molar-refractivity contribution in [1.29, 1.82) is 0 Å². The molecule has 1 saturated carbocycles. The molecule has 1 fully saturated rings. The van der Waals surface area contributed by atoms with Gasteiger partial charge in [-0.05, 0) is 49.1 Å². The average Bonchev–Trinajstić information content (AvgIpc) is 3.20. The van der Waals surface area contributed by atoms with Crippen LogP contribution in [0.5, 0.6) is 0 Å². The van der Waals surface area contributed by atoms with Crippen molar-refractivity contribution < 1.29 is 0 Å². The zero-order valence-electron chi connectivity index (χ0n) is 11.1. The van der Waals surface area contributed by atoms with Crippen molar-refractivity contribution in [2.45, 2.75) is 32.4 Å². The molecule has 1 aliphatic rings. The number of hydrogen-bond donors (Lipinski definition) is 1. The lowest BCUT2D eigenvalue weighted by atomic mass is 10.2. The van der Waals surface area contributed by atoms with E-state index in [0.29, 0.717) is 6.04 Å². The van der Waals surface area contributed by atoms with Crippen molar-refractivity contribution in [2.75, 3.05) is 10.6 Å². The highest BCUT2D eigenvalue weighted by Gasteiger charge is 2.30. The molecule has 2 aromatic rings. The van der Waals surface area contributed by atoms with Gasteiger partial charge in [-0.25, -0.2) is 0 Å². The summed E-state index contributed by atoms with van der Waals surface area (Å²) >= 11 is 0. The monoisotopic (exact) mass is 254 g/mol. The molecule has 0 aliphatic heterocycles. The van der Waals surface area contributed by atoms with E-state index in [4.69, 9.17) is 5.73 Å². The third-order valence-corrected chi connectivity index (χ3v) is 3.36. The van der Waals surface area contributed by atoms with Crippen LogP contribution in [0.2, 0.25) is 0 Å². The van der Waals surface area contributed by atoms with E-state index in [0.717, 1.165) is 23.6 Å². The van der Waals surface area contributed by atoms with Gasteiger partial charge in [-0.1, -0.05) is 12.1 Å². The number of nitrogen functional groups attached to an aromatic ring is 1. The van der Waals surface area contributed by atoms with Crippen LogP contribution >= 0.6 is 0 Å². The fraction of sp³-hybridized carbons (Fsp3) is 0.333. The highest BCUT2D eigenvalue weighted by molar-refractivity contribution is 5.46. The second-order valence-electron chi connectivity index (χ2n) is 5.20. The van der Waals surface area contributed by atoms with Gasteiger partial charge in [0.2, 0.25) is 0 Å². The molecule has 2 N–H and O–H groups in total. The first kappa shape index (κ1) is 12.0. The Labute approximate surface area is 113 Å². The van der Waals surface area contributed by atoms with Gasteiger partial charge in [0.05, 0.1) is 6.20 Å². The standard InChI is InChI=1S/C15H18N4/c1-11-7-15(18-17-9-11)19(14-5-6-14)10-12-3-2-4-13(16)8-12/h2-4,7-9,14H,5-6,10,16H2,1H3. The van der Waals surface area contributed by atoms with Gasteiger partial charge in [-0.3, -0.25) is 0 Å². The van der Waals surface area contributed by atoms with Crippen LogP contribution in [-0.2, 0) is 6.54 Å². The number of rotatable bonds is 4. The number of benzene rings is 1. The van der Waals surface area contributed by atoms with Gasteiger partial charge in [0, 0.05) is 18.3 Å². The summed E-state index contributed by atoms with van der Waals surface area (Å²) in [5.41, 5.74) is 9.01. The molecular weight excluding hydrogens is 236 g/mol. The number of aromatic nitrogens is 2. The van der Waals surface area contributed by atoms with Gasteiger partial charge in [0.1, 0.15) is 0 Å². The first-order valence-corrected chi connectivity index (χ1v) is 6.63. The third-order valence-electron chi connectivity index (χ3n) is 3.36. The van der Waals surface area contributed by atoms with E-state index in [9.17, 15) is 0 Å². The summed E-state index contributed by atoms with van der Waals surface area (Å²) in [7, 11) is 0. The highest BCUT2D eigenvalue weighted by Crippen LogP contribution is 2.32. The zero-order valence-corrected chi connectivity index (χ0v) is 11.1. The smallest absolute Gasteiger partial charge is 0.152 e.